The first-order valence-electron chi connectivity index (χ1n) is 8.49. The second-order valence-corrected chi connectivity index (χ2v) is 8.75. The lowest BCUT2D eigenvalue weighted by atomic mass is 10.1. The van der Waals surface area contributed by atoms with Gasteiger partial charge < -0.3 is 5.32 Å². The van der Waals surface area contributed by atoms with Crippen molar-refractivity contribution in [1.82, 2.24) is 25.2 Å². The predicted molar refractivity (Wildman–Crippen MR) is 115 cm³/mol. The highest BCUT2D eigenvalue weighted by Gasteiger charge is 2.13. The van der Waals surface area contributed by atoms with Crippen molar-refractivity contribution in [1.29, 1.82) is 0 Å². The molecular weight excluding hydrogens is 460 g/mol. The summed E-state index contributed by atoms with van der Waals surface area (Å²) in [5.41, 5.74) is 2.96. The summed E-state index contributed by atoms with van der Waals surface area (Å²) in [5.74, 6) is 0.0338. The number of rotatable bonds is 6. The standard InChI is InChI=1S/C18H15BrN6OS2/c1-2-11-3-6-13(7-4-11)25-18(22-23-24-25)27-10-16(26)21-17-20-14-8-5-12(19)9-15(14)28-17/h3-9H,2,10H2,1H3,(H,20,21,26). The van der Waals surface area contributed by atoms with Crippen LogP contribution in [-0.4, -0.2) is 36.9 Å². The summed E-state index contributed by atoms with van der Waals surface area (Å²) in [7, 11) is 0. The van der Waals surface area contributed by atoms with Gasteiger partial charge in [0.15, 0.2) is 5.13 Å². The van der Waals surface area contributed by atoms with Crippen LogP contribution in [0.5, 0.6) is 0 Å². The third-order valence-corrected chi connectivity index (χ3v) is 6.31. The number of halogens is 1. The fourth-order valence-corrected chi connectivity index (χ4v) is 4.67. The molecule has 0 atom stereocenters. The van der Waals surface area contributed by atoms with Crippen LogP contribution in [0, 0.1) is 0 Å². The number of nitrogens with zero attached hydrogens (tertiary/aromatic N) is 5. The first-order valence-corrected chi connectivity index (χ1v) is 11.1. The summed E-state index contributed by atoms with van der Waals surface area (Å²) in [5, 5.41) is 15.8. The Hall–Kier alpha value is -2.30. The monoisotopic (exact) mass is 474 g/mol. The third kappa shape index (κ3) is 4.23. The average molecular weight is 475 g/mol. The number of anilines is 1. The molecule has 0 aliphatic carbocycles. The van der Waals surface area contributed by atoms with Crippen molar-refractivity contribution in [3.05, 3.63) is 52.5 Å². The number of amides is 1. The van der Waals surface area contributed by atoms with Crippen LogP contribution in [0.25, 0.3) is 15.9 Å². The molecular formula is C18H15BrN6OS2. The fraction of sp³-hybridized carbons (Fsp3) is 0.167. The third-order valence-electron chi connectivity index (χ3n) is 3.96. The quantitative estimate of drug-likeness (QED) is 0.418. The van der Waals surface area contributed by atoms with E-state index in [-0.39, 0.29) is 11.7 Å². The molecule has 0 bridgehead atoms. The Morgan fingerprint density at radius 2 is 2.07 bits per heavy atom. The number of hydrogen-bond acceptors (Lipinski definition) is 7. The Kier molecular flexibility index (Phi) is 5.69. The van der Waals surface area contributed by atoms with Crippen LogP contribution in [0.15, 0.2) is 52.1 Å². The van der Waals surface area contributed by atoms with Crippen LogP contribution in [0.1, 0.15) is 12.5 Å². The Morgan fingerprint density at radius 3 is 2.86 bits per heavy atom. The van der Waals surface area contributed by atoms with Gasteiger partial charge in [0.2, 0.25) is 11.1 Å². The van der Waals surface area contributed by atoms with E-state index in [0.717, 1.165) is 26.8 Å². The van der Waals surface area contributed by atoms with Crippen molar-refractivity contribution in [2.75, 3.05) is 11.1 Å². The maximum Gasteiger partial charge on any atom is 0.236 e. The second-order valence-electron chi connectivity index (χ2n) is 5.86. The van der Waals surface area contributed by atoms with Gasteiger partial charge in [-0.05, 0) is 52.7 Å². The molecule has 0 spiro atoms. The Morgan fingerprint density at radius 1 is 1.25 bits per heavy atom. The highest BCUT2D eigenvalue weighted by Crippen LogP contribution is 2.28. The molecule has 1 N–H and O–H groups in total. The number of hydrogen-bond donors (Lipinski definition) is 1. The largest absolute Gasteiger partial charge is 0.301 e. The van der Waals surface area contributed by atoms with Crippen molar-refractivity contribution < 1.29 is 4.79 Å². The van der Waals surface area contributed by atoms with Crippen molar-refractivity contribution >= 4 is 60.3 Å². The minimum Gasteiger partial charge on any atom is -0.301 e. The minimum atomic E-state index is -0.154. The van der Waals surface area contributed by atoms with Crippen LogP contribution in [-0.2, 0) is 11.2 Å². The fourth-order valence-electron chi connectivity index (χ4n) is 2.54. The van der Waals surface area contributed by atoms with E-state index in [4.69, 9.17) is 0 Å². The molecule has 0 fully saturated rings. The van der Waals surface area contributed by atoms with E-state index in [1.165, 1.54) is 28.7 Å². The summed E-state index contributed by atoms with van der Waals surface area (Å²) in [6.45, 7) is 2.11. The topological polar surface area (TPSA) is 85.6 Å². The number of carbonyl (C=O) groups is 1. The summed E-state index contributed by atoms with van der Waals surface area (Å²) < 4.78 is 3.62. The van der Waals surface area contributed by atoms with Gasteiger partial charge in [0.25, 0.3) is 0 Å². The molecule has 0 aliphatic rings. The summed E-state index contributed by atoms with van der Waals surface area (Å²) in [6, 6.07) is 13.9. The lowest BCUT2D eigenvalue weighted by Gasteiger charge is -2.05. The van der Waals surface area contributed by atoms with Crippen molar-refractivity contribution in [3.63, 3.8) is 0 Å². The van der Waals surface area contributed by atoms with Crippen LogP contribution in [0.3, 0.4) is 0 Å². The van der Waals surface area contributed by atoms with E-state index in [0.29, 0.717) is 10.3 Å². The number of nitrogens with one attached hydrogen (secondary N) is 1. The highest BCUT2D eigenvalue weighted by atomic mass is 79.9. The van der Waals surface area contributed by atoms with E-state index in [1.54, 1.807) is 4.68 Å². The smallest absolute Gasteiger partial charge is 0.236 e. The van der Waals surface area contributed by atoms with Crippen LogP contribution >= 0.6 is 39.0 Å². The molecule has 0 saturated carbocycles. The van der Waals surface area contributed by atoms with Crippen LogP contribution in [0.4, 0.5) is 5.13 Å². The maximum atomic E-state index is 12.3. The number of thiazole rings is 1. The SMILES string of the molecule is CCc1ccc(-n2nnnc2SCC(=O)Nc2nc3ccc(Br)cc3s2)cc1. The van der Waals surface area contributed by atoms with Gasteiger partial charge in [-0.15, -0.1) is 5.10 Å². The number of aromatic nitrogens is 5. The maximum absolute atomic E-state index is 12.3. The molecule has 0 aliphatic heterocycles. The van der Waals surface area contributed by atoms with Crippen LogP contribution < -0.4 is 5.32 Å². The van der Waals surface area contributed by atoms with E-state index in [9.17, 15) is 4.79 Å². The summed E-state index contributed by atoms with van der Waals surface area (Å²) in [4.78, 5) is 16.8. The number of thioether (sulfide) groups is 1. The Bertz CT molecular complexity index is 1120. The molecule has 0 radical (unpaired) electrons. The first kappa shape index (κ1) is 19.0. The number of tetrazole rings is 1. The normalized spacial score (nSPS) is 11.1. The molecule has 4 rings (SSSR count). The molecule has 1 amide bonds. The van der Waals surface area contributed by atoms with Gasteiger partial charge in [-0.2, -0.15) is 4.68 Å². The van der Waals surface area contributed by atoms with Gasteiger partial charge in [-0.3, -0.25) is 4.79 Å². The van der Waals surface area contributed by atoms with E-state index in [2.05, 4.69) is 48.7 Å². The van der Waals surface area contributed by atoms with Gasteiger partial charge >= 0.3 is 0 Å². The summed E-state index contributed by atoms with van der Waals surface area (Å²) in [6.07, 6.45) is 0.973. The number of benzene rings is 2. The minimum absolute atomic E-state index is 0.154. The molecule has 142 valence electrons. The average Bonchev–Trinajstić information content (AvgIpc) is 3.32. The second kappa shape index (κ2) is 8.38. The van der Waals surface area contributed by atoms with Gasteiger partial charge in [-0.25, -0.2) is 4.98 Å². The molecule has 28 heavy (non-hydrogen) atoms. The molecule has 2 aromatic heterocycles. The Labute approximate surface area is 177 Å². The zero-order valence-corrected chi connectivity index (χ0v) is 18.0. The van der Waals surface area contributed by atoms with Crippen molar-refractivity contribution in [2.45, 2.75) is 18.5 Å². The molecule has 4 aromatic rings. The molecule has 2 heterocycles. The van der Waals surface area contributed by atoms with E-state index in [1.807, 2.05) is 42.5 Å². The highest BCUT2D eigenvalue weighted by molar-refractivity contribution is 9.10. The predicted octanol–water partition coefficient (Wildman–Crippen LogP) is 4.33. The lowest BCUT2D eigenvalue weighted by molar-refractivity contribution is -0.113. The van der Waals surface area contributed by atoms with Crippen LogP contribution in [0.2, 0.25) is 0 Å². The molecule has 7 nitrogen and oxygen atoms in total. The Balaban J connectivity index is 1.41. The van der Waals surface area contributed by atoms with Gasteiger partial charge in [-0.1, -0.05) is 58.1 Å². The zero-order valence-electron chi connectivity index (χ0n) is 14.8. The molecule has 10 heteroatoms. The lowest BCUT2D eigenvalue weighted by Crippen LogP contribution is -2.14. The van der Waals surface area contributed by atoms with Crippen molar-refractivity contribution in [3.8, 4) is 5.69 Å². The van der Waals surface area contributed by atoms with E-state index < -0.39 is 0 Å². The van der Waals surface area contributed by atoms with Gasteiger partial charge in [0, 0.05) is 4.47 Å². The van der Waals surface area contributed by atoms with Gasteiger partial charge in [0.1, 0.15) is 0 Å². The molecule has 2 aromatic carbocycles. The molecule has 0 unspecified atom stereocenters. The number of aryl methyl sites for hydroxylation is 1. The molecule has 0 saturated heterocycles. The number of fused-ring (bicyclic) bond motifs is 1. The summed E-state index contributed by atoms with van der Waals surface area (Å²) >= 11 is 6.16. The van der Waals surface area contributed by atoms with E-state index >= 15 is 0 Å². The van der Waals surface area contributed by atoms with Gasteiger partial charge in [0.05, 0.1) is 21.7 Å². The first-order chi connectivity index (χ1) is 13.6. The van der Waals surface area contributed by atoms with Crippen molar-refractivity contribution in [2.24, 2.45) is 0 Å². The zero-order chi connectivity index (χ0) is 19.5. The number of carbonyl (C=O) groups excluding carboxylic acids is 1.